The van der Waals surface area contributed by atoms with Crippen LogP contribution in [0.15, 0.2) is 30.3 Å². The zero-order valence-corrected chi connectivity index (χ0v) is 14.7. The van der Waals surface area contributed by atoms with E-state index in [-0.39, 0.29) is 12.6 Å². The van der Waals surface area contributed by atoms with Crippen LogP contribution in [0.1, 0.15) is 6.42 Å². The third kappa shape index (κ3) is 12.2. The van der Waals surface area contributed by atoms with Gasteiger partial charge in [-0.15, -0.1) is 0 Å². The Balaban J connectivity index is 1.75. The Hall–Kier alpha value is -1.28. The van der Waals surface area contributed by atoms with Gasteiger partial charge in [-0.05, 0) is 12.1 Å². The zero-order chi connectivity index (χ0) is 17.3. The second-order valence-electron chi connectivity index (χ2n) is 4.69. The highest BCUT2D eigenvalue weighted by atomic mass is 32.1. The van der Waals surface area contributed by atoms with Gasteiger partial charge in [-0.2, -0.15) is 12.6 Å². The van der Waals surface area contributed by atoms with E-state index in [4.69, 9.17) is 23.7 Å². The smallest absolute Gasteiger partial charge is 0.306 e. The molecule has 0 atom stereocenters. The molecule has 0 saturated heterocycles. The van der Waals surface area contributed by atoms with Gasteiger partial charge in [0, 0.05) is 5.75 Å². The number of esters is 1. The van der Waals surface area contributed by atoms with Gasteiger partial charge in [0.25, 0.3) is 0 Å². The molecule has 1 aromatic rings. The quantitative estimate of drug-likeness (QED) is 0.294. The summed E-state index contributed by atoms with van der Waals surface area (Å²) in [7, 11) is 0. The molecule has 0 saturated carbocycles. The minimum atomic E-state index is -0.252. The fourth-order valence-electron chi connectivity index (χ4n) is 1.65. The summed E-state index contributed by atoms with van der Waals surface area (Å²) in [5.41, 5.74) is 0. The third-order valence-corrected chi connectivity index (χ3v) is 3.01. The zero-order valence-electron chi connectivity index (χ0n) is 13.9. The Kier molecular flexibility index (Phi) is 13.2. The highest BCUT2D eigenvalue weighted by molar-refractivity contribution is 7.80. The molecule has 7 heteroatoms. The van der Waals surface area contributed by atoms with Crippen LogP contribution >= 0.6 is 12.6 Å². The summed E-state index contributed by atoms with van der Waals surface area (Å²) < 4.78 is 26.4. The number of carbonyl (C=O) groups is 1. The molecule has 0 fully saturated rings. The van der Waals surface area contributed by atoms with Crippen molar-refractivity contribution in [3.8, 4) is 5.75 Å². The van der Waals surface area contributed by atoms with Crippen LogP contribution in [0.3, 0.4) is 0 Å². The highest BCUT2D eigenvalue weighted by Crippen LogP contribution is 2.07. The maximum absolute atomic E-state index is 11.0. The minimum Gasteiger partial charge on any atom is -0.491 e. The number of para-hydroxylation sites is 1. The first-order chi connectivity index (χ1) is 11.8. The average Bonchev–Trinajstić information content (AvgIpc) is 2.60. The Bertz CT molecular complexity index is 415. The molecule has 0 N–H and O–H groups in total. The molecule has 0 unspecified atom stereocenters. The first-order valence-corrected chi connectivity index (χ1v) is 8.63. The molecule has 0 aliphatic carbocycles. The van der Waals surface area contributed by atoms with Crippen molar-refractivity contribution >= 4 is 18.6 Å². The molecule has 0 aliphatic rings. The summed E-state index contributed by atoms with van der Waals surface area (Å²) in [4.78, 5) is 11.0. The maximum atomic E-state index is 11.0. The lowest BCUT2D eigenvalue weighted by Gasteiger charge is -2.08. The summed E-state index contributed by atoms with van der Waals surface area (Å²) in [6, 6.07) is 9.62. The monoisotopic (exact) mass is 358 g/mol. The molecule has 0 radical (unpaired) electrons. The van der Waals surface area contributed by atoms with Crippen LogP contribution < -0.4 is 4.74 Å². The van der Waals surface area contributed by atoms with Gasteiger partial charge in [0.2, 0.25) is 0 Å². The molecule has 1 rings (SSSR count). The Morgan fingerprint density at radius 2 is 1.33 bits per heavy atom. The summed E-state index contributed by atoms with van der Waals surface area (Å²) in [5.74, 6) is 1.08. The van der Waals surface area contributed by atoms with Crippen molar-refractivity contribution in [2.45, 2.75) is 6.42 Å². The van der Waals surface area contributed by atoms with Crippen LogP contribution in [0.4, 0.5) is 0 Å². The lowest BCUT2D eigenvalue weighted by molar-refractivity contribution is -0.144. The molecule has 0 bridgehead atoms. The van der Waals surface area contributed by atoms with E-state index >= 15 is 0 Å². The summed E-state index contributed by atoms with van der Waals surface area (Å²) in [6.45, 7) is 3.62. The molecule has 6 nitrogen and oxygen atoms in total. The van der Waals surface area contributed by atoms with Crippen molar-refractivity contribution < 1.29 is 28.5 Å². The first kappa shape index (κ1) is 20.8. The number of rotatable bonds is 15. The fraction of sp³-hybridized carbons (Fsp3) is 0.588. The minimum absolute atomic E-state index is 0.252. The molecular formula is C17H26O6S. The number of hydrogen-bond acceptors (Lipinski definition) is 7. The number of ether oxygens (including phenoxy) is 5. The molecule has 136 valence electrons. The standard InChI is InChI=1S/C17H26O6S/c18-17(6-15-24)23-14-12-21-10-8-19-7-9-20-11-13-22-16-4-2-1-3-5-16/h1-5,24H,6-15H2. The second-order valence-corrected chi connectivity index (χ2v) is 5.14. The number of benzene rings is 1. The first-order valence-electron chi connectivity index (χ1n) is 8.00. The largest absolute Gasteiger partial charge is 0.491 e. The van der Waals surface area contributed by atoms with Gasteiger partial charge in [-0.3, -0.25) is 4.79 Å². The predicted molar refractivity (Wildman–Crippen MR) is 93.8 cm³/mol. The molecule has 0 amide bonds. The van der Waals surface area contributed by atoms with Gasteiger partial charge >= 0.3 is 5.97 Å². The molecular weight excluding hydrogens is 332 g/mol. The van der Waals surface area contributed by atoms with Crippen molar-refractivity contribution in [2.75, 3.05) is 58.6 Å². The maximum Gasteiger partial charge on any atom is 0.306 e. The third-order valence-electron chi connectivity index (χ3n) is 2.79. The van der Waals surface area contributed by atoms with E-state index < -0.39 is 0 Å². The van der Waals surface area contributed by atoms with E-state index in [9.17, 15) is 4.79 Å². The molecule has 0 aromatic heterocycles. The molecule has 1 aromatic carbocycles. The average molecular weight is 358 g/mol. The Morgan fingerprint density at radius 1 is 0.792 bits per heavy atom. The lowest BCUT2D eigenvalue weighted by Crippen LogP contribution is -2.15. The van der Waals surface area contributed by atoms with E-state index in [0.717, 1.165) is 5.75 Å². The summed E-state index contributed by atoms with van der Waals surface area (Å²) in [6.07, 6.45) is 0.322. The number of hydrogen-bond donors (Lipinski definition) is 1. The van der Waals surface area contributed by atoms with Crippen LogP contribution in [0.2, 0.25) is 0 Å². The topological polar surface area (TPSA) is 63.2 Å². The van der Waals surface area contributed by atoms with Crippen molar-refractivity contribution in [3.05, 3.63) is 30.3 Å². The normalized spacial score (nSPS) is 10.5. The van der Waals surface area contributed by atoms with Gasteiger partial charge in [-0.25, -0.2) is 0 Å². The molecule has 0 heterocycles. The van der Waals surface area contributed by atoms with Crippen LogP contribution in [0.5, 0.6) is 5.75 Å². The SMILES string of the molecule is O=C(CCS)OCCOCCOCCOCCOc1ccccc1. The van der Waals surface area contributed by atoms with E-state index in [1.165, 1.54) is 0 Å². The van der Waals surface area contributed by atoms with Gasteiger partial charge in [0.15, 0.2) is 0 Å². The van der Waals surface area contributed by atoms with Crippen molar-refractivity contribution in [2.24, 2.45) is 0 Å². The van der Waals surface area contributed by atoms with E-state index in [2.05, 4.69) is 12.6 Å². The number of carbonyl (C=O) groups excluding carboxylic acids is 1. The van der Waals surface area contributed by atoms with Crippen molar-refractivity contribution in [1.82, 2.24) is 0 Å². The van der Waals surface area contributed by atoms with Gasteiger partial charge < -0.3 is 23.7 Å². The Labute approximate surface area is 148 Å². The van der Waals surface area contributed by atoms with Crippen molar-refractivity contribution in [3.63, 3.8) is 0 Å². The summed E-state index contributed by atoms with van der Waals surface area (Å²) >= 11 is 3.95. The van der Waals surface area contributed by atoms with Crippen LogP contribution in [0.25, 0.3) is 0 Å². The molecule has 0 aliphatic heterocycles. The van der Waals surface area contributed by atoms with Gasteiger partial charge in [-0.1, -0.05) is 18.2 Å². The van der Waals surface area contributed by atoms with Crippen molar-refractivity contribution in [1.29, 1.82) is 0 Å². The lowest BCUT2D eigenvalue weighted by atomic mass is 10.3. The van der Waals surface area contributed by atoms with Crippen LogP contribution in [-0.2, 0) is 23.7 Å². The Morgan fingerprint density at radius 3 is 1.92 bits per heavy atom. The summed E-state index contributed by atoms with van der Waals surface area (Å²) in [5, 5.41) is 0. The van der Waals surface area contributed by atoms with Crippen LogP contribution in [-0.4, -0.2) is 64.6 Å². The van der Waals surface area contributed by atoms with E-state index in [1.807, 2.05) is 30.3 Å². The van der Waals surface area contributed by atoms with Gasteiger partial charge in [0.05, 0.1) is 46.1 Å². The van der Waals surface area contributed by atoms with Crippen LogP contribution in [0, 0.1) is 0 Å². The molecule has 24 heavy (non-hydrogen) atoms. The molecule has 0 spiro atoms. The fourth-order valence-corrected chi connectivity index (χ4v) is 1.84. The second kappa shape index (κ2) is 15.3. The van der Waals surface area contributed by atoms with Gasteiger partial charge in [0.1, 0.15) is 19.0 Å². The van der Waals surface area contributed by atoms with E-state index in [1.54, 1.807) is 0 Å². The highest BCUT2D eigenvalue weighted by Gasteiger charge is 2.00. The number of thiol groups is 1. The predicted octanol–water partition coefficient (Wildman–Crippen LogP) is 1.98. The van der Waals surface area contributed by atoms with E-state index in [0.29, 0.717) is 58.4 Å².